The minimum atomic E-state index is -0.411. The highest BCUT2D eigenvalue weighted by atomic mass is 16.5. The van der Waals surface area contributed by atoms with Crippen molar-refractivity contribution in [3.63, 3.8) is 0 Å². The summed E-state index contributed by atoms with van der Waals surface area (Å²) in [6.07, 6.45) is 2.69. The zero-order chi connectivity index (χ0) is 27.7. The number of hydrogen-bond donors (Lipinski definition) is 2. The van der Waals surface area contributed by atoms with Crippen molar-refractivity contribution in [2.75, 3.05) is 36.9 Å². The Labute approximate surface area is 223 Å². The van der Waals surface area contributed by atoms with E-state index in [-0.39, 0.29) is 24.8 Å². The van der Waals surface area contributed by atoms with Gasteiger partial charge in [0.05, 0.1) is 24.3 Å². The first kappa shape index (κ1) is 28.4. The van der Waals surface area contributed by atoms with Gasteiger partial charge in [0.2, 0.25) is 0 Å². The van der Waals surface area contributed by atoms with E-state index in [1.807, 2.05) is 0 Å². The smallest absolute Gasteiger partial charge is 0.333 e. The van der Waals surface area contributed by atoms with E-state index in [9.17, 15) is 19.2 Å². The highest BCUT2D eigenvalue weighted by molar-refractivity contribution is 6.31. The molecule has 0 fully saturated rings. The molecular formula is C30H34N2O6. The van der Waals surface area contributed by atoms with Crippen LogP contribution < -0.4 is 10.6 Å². The number of esters is 2. The van der Waals surface area contributed by atoms with Crippen molar-refractivity contribution in [2.45, 2.75) is 39.5 Å². The molecule has 0 radical (unpaired) electrons. The number of fused-ring (bicyclic) bond motifs is 2. The van der Waals surface area contributed by atoms with Crippen LogP contribution in [-0.4, -0.2) is 49.8 Å². The molecule has 200 valence electrons. The molecule has 0 heterocycles. The lowest BCUT2D eigenvalue weighted by Crippen LogP contribution is -2.24. The van der Waals surface area contributed by atoms with Gasteiger partial charge in [0.1, 0.15) is 0 Å². The highest BCUT2D eigenvalue weighted by Crippen LogP contribution is 2.36. The van der Waals surface area contributed by atoms with Gasteiger partial charge in [-0.15, -0.1) is 0 Å². The van der Waals surface area contributed by atoms with Gasteiger partial charge in [0.25, 0.3) is 0 Å². The van der Waals surface area contributed by atoms with Gasteiger partial charge in [-0.2, -0.15) is 0 Å². The summed E-state index contributed by atoms with van der Waals surface area (Å²) in [5, 5.41) is 6.56. The summed E-state index contributed by atoms with van der Waals surface area (Å²) in [5.74, 6) is -1.23. The molecule has 3 rings (SSSR count). The Kier molecular flexibility index (Phi) is 9.99. The molecule has 0 aromatic heterocycles. The van der Waals surface area contributed by atoms with E-state index < -0.39 is 11.9 Å². The lowest BCUT2D eigenvalue weighted by Gasteiger charge is -2.24. The summed E-state index contributed by atoms with van der Waals surface area (Å²) in [6, 6.07) is 10.4. The Morgan fingerprint density at radius 1 is 0.684 bits per heavy atom. The predicted octanol–water partition coefficient (Wildman–Crippen LogP) is 5.08. The number of rotatable bonds is 14. The summed E-state index contributed by atoms with van der Waals surface area (Å²) >= 11 is 0. The van der Waals surface area contributed by atoms with Crippen molar-refractivity contribution < 1.29 is 28.7 Å². The van der Waals surface area contributed by atoms with E-state index in [1.54, 1.807) is 50.2 Å². The van der Waals surface area contributed by atoms with E-state index in [1.165, 1.54) is 0 Å². The van der Waals surface area contributed by atoms with Crippen molar-refractivity contribution in [3.05, 3.63) is 83.0 Å². The fourth-order valence-corrected chi connectivity index (χ4v) is 3.99. The van der Waals surface area contributed by atoms with Crippen LogP contribution in [-0.2, 0) is 19.1 Å². The third-order valence-electron chi connectivity index (χ3n) is 6.01. The maximum absolute atomic E-state index is 13.5. The van der Waals surface area contributed by atoms with Gasteiger partial charge in [-0.05, 0) is 51.7 Å². The minimum Gasteiger partial charge on any atom is -0.462 e. The Bertz CT molecular complexity index is 1170. The number of carbonyl (C=O) groups is 4. The molecule has 0 atom stereocenters. The summed E-state index contributed by atoms with van der Waals surface area (Å²) < 4.78 is 10.2. The molecule has 0 spiro atoms. The number of ketones is 2. The van der Waals surface area contributed by atoms with E-state index in [2.05, 4.69) is 23.8 Å². The van der Waals surface area contributed by atoms with Gasteiger partial charge in [-0.25, -0.2) is 9.59 Å². The molecule has 0 unspecified atom stereocenters. The Hall–Kier alpha value is -4.20. The molecule has 2 aromatic rings. The Morgan fingerprint density at radius 2 is 1.08 bits per heavy atom. The monoisotopic (exact) mass is 518 g/mol. The lowest BCUT2D eigenvalue weighted by molar-refractivity contribution is -0.139. The fourth-order valence-electron chi connectivity index (χ4n) is 3.99. The first-order valence-corrected chi connectivity index (χ1v) is 12.7. The largest absolute Gasteiger partial charge is 0.462 e. The fraction of sp³-hybridized carbons (Fsp3) is 0.333. The number of anilines is 2. The first-order chi connectivity index (χ1) is 18.2. The number of carbonyl (C=O) groups excluding carboxylic acids is 4. The number of nitrogens with one attached hydrogen (secondary N) is 2. The standard InChI is InChI=1S/C30H34N2O6/c1-19(2)29(35)37-17-9-7-15-31-23-13-14-24(32-16-8-10-18-38-30(36)20(3)4)26-25(23)27(33)21-11-5-6-12-22(21)28(26)34/h5-6,11-14,31-32H,1,3,7-10,15-18H2,2,4H3. The van der Waals surface area contributed by atoms with Crippen LogP contribution in [0.25, 0.3) is 0 Å². The van der Waals surface area contributed by atoms with E-state index in [4.69, 9.17) is 9.47 Å². The predicted molar refractivity (Wildman–Crippen MR) is 147 cm³/mol. The van der Waals surface area contributed by atoms with Crippen LogP contribution >= 0.6 is 0 Å². The molecule has 0 saturated heterocycles. The van der Waals surface area contributed by atoms with Crippen LogP contribution in [0.5, 0.6) is 0 Å². The Morgan fingerprint density at radius 3 is 1.45 bits per heavy atom. The lowest BCUT2D eigenvalue weighted by atomic mass is 9.82. The van der Waals surface area contributed by atoms with Gasteiger partial charge in [0, 0.05) is 46.7 Å². The summed E-state index contributed by atoms with van der Waals surface area (Å²) in [5.41, 5.74) is 3.36. The molecule has 0 amide bonds. The maximum Gasteiger partial charge on any atom is 0.333 e. The summed E-state index contributed by atoms with van der Waals surface area (Å²) in [7, 11) is 0. The minimum absolute atomic E-state index is 0.205. The van der Waals surface area contributed by atoms with Gasteiger partial charge < -0.3 is 20.1 Å². The highest BCUT2D eigenvalue weighted by Gasteiger charge is 2.33. The van der Waals surface area contributed by atoms with Gasteiger partial charge in [-0.3, -0.25) is 9.59 Å². The molecule has 38 heavy (non-hydrogen) atoms. The molecule has 0 aliphatic heterocycles. The number of ether oxygens (including phenoxy) is 2. The van der Waals surface area contributed by atoms with Crippen LogP contribution in [0.4, 0.5) is 11.4 Å². The van der Waals surface area contributed by atoms with Gasteiger partial charge in [0.15, 0.2) is 11.6 Å². The second kappa shape index (κ2) is 13.4. The third-order valence-corrected chi connectivity index (χ3v) is 6.01. The van der Waals surface area contributed by atoms with Gasteiger partial charge >= 0.3 is 11.9 Å². The topological polar surface area (TPSA) is 111 Å². The average molecular weight is 519 g/mol. The van der Waals surface area contributed by atoms with Crippen LogP contribution in [0.15, 0.2) is 60.7 Å². The van der Waals surface area contributed by atoms with Crippen molar-refractivity contribution in [1.82, 2.24) is 0 Å². The molecule has 8 heteroatoms. The molecule has 2 N–H and O–H groups in total. The quantitative estimate of drug-likeness (QED) is 0.173. The maximum atomic E-state index is 13.5. The molecule has 1 aliphatic carbocycles. The SMILES string of the molecule is C=C(C)C(=O)OCCCCNc1ccc(NCCCCOC(=O)C(=C)C)c2c1C(=O)c1ccccc1C2=O. The van der Waals surface area contributed by atoms with E-state index in [0.717, 1.165) is 0 Å². The average Bonchev–Trinajstić information content (AvgIpc) is 2.90. The second-order valence-corrected chi connectivity index (χ2v) is 9.21. The second-order valence-electron chi connectivity index (χ2n) is 9.21. The molecule has 2 aromatic carbocycles. The van der Waals surface area contributed by atoms with Crippen molar-refractivity contribution >= 4 is 34.9 Å². The summed E-state index contributed by atoms with van der Waals surface area (Å²) in [4.78, 5) is 50.0. The van der Waals surface area contributed by atoms with Crippen LogP contribution in [0.3, 0.4) is 0 Å². The van der Waals surface area contributed by atoms with Crippen LogP contribution in [0.2, 0.25) is 0 Å². The van der Waals surface area contributed by atoms with Crippen LogP contribution in [0.1, 0.15) is 71.4 Å². The number of hydrogen-bond acceptors (Lipinski definition) is 8. The molecule has 8 nitrogen and oxygen atoms in total. The molecule has 0 bridgehead atoms. The van der Waals surface area contributed by atoms with Crippen molar-refractivity contribution in [1.29, 1.82) is 0 Å². The molecule has 1 aliphatic rings. The molecular weight excluding hydrogens is 484 g/mol. The Balaban J connectivity index is 1.68. The zero-order valence-corrected chi connectivity index (χ0v) is 22.0. The van der Waals surface area contributed by atoms with Crippen molar-refractivity contribution in [2.24, 2.45) is 0 Å². The third kappa shape index (κ3) is 6.97. The van der Waals surface area contributed by atoms with E-state index >= 15 is 0 Å². The van der Waals surface area contributed by atoms with E-state index in [0.29, 0.717) is 83.5 Å². The van der Waals surface area contributed by atoms with Gasteiger partial charge in [-0.1, -0.05) is 37.4 Å². The van der Waals surface area contributed by atoms with Crippen molar-refractivity contribution in [3.8, 4) is 0 Å². The number of benzene rings is 2. The first-order valence-electron chi connectivity index (χ1n) is 12.7. The normalized spacial score (nSPS) is 11.7. The molecule has 0 saturated carbocycles. The summed E-state index contributed by atoms with van der Waals surface area (Å²) in [6.45, 7) is 12.0. The zero-order valence-electron chi connectivity index (χ0n) is 22.0. The van der Waals surface area contributed by atoms with Crippen LogP contribution in [0, 0.1) is 0 Å². The number of unbranched alkanes of at least 4 members (excludes halogenated alkanes) is 2.